The average Bonchev–Trinajstić information content (AvgIpc) is 3.42. The lowest BCUT2D eigenvalue weighted by Gasteiger charge is -2.38. The minimum atomic E-state index is -1.05. The van der Waals surface area contributed by atoms with E-state index in [2.05, 4.69) is 5.32 Å². The number of phenolic OH excluding ortho intramolecular Hbond substituents is 1. The first kappa shape index (κ1) is 35.7. The molecule has 0 spiro atoms. The minimum Gasteiger partial charge on any atom is -0.508 e. The molecule has 6 rings (SSSR count). The summed E-state index contributed by atoms with van der Waals surface area (Å²) >= 11 is 0. The maximum absolute atomic E-state index is 13.2. The predicted molar refractivity (Wildman–Crippen MR) is 186 cm³/mol. The molecule has 2 fully saturated rings. The van der Waals surface area contributed by atoms with E-state index in [0.29, 0.717) is 36.3 Å². The van der Waals surface area contributed by atoms with E-state index in [9.17, 15) is 29.7 Å². The largest absolute Gasteiger partial charge is 0.508 e. The highest BCUT2D eigenvalue weighted by Gasteiger charge is 2.41. The Labute approximate surface area is 295 Å². The van der Waals surface area contributed by atoms with Gasteiger partial charge in [0.05, 0.1) is 37.0 Å². The van der Waals surface area contributed by atoms with Gasteiger partial charge in [-0.3, -0.25) is 9.59 Å². The Balaban J connectivity index is 1.12. The van der Waals surface area contributed by atoms with Gasteiger partial charge in [-0.1, -0.05) is 78.9 Å². The van der Waals surface area contributed by atoms with E-state index in [1.54, 1.807) is 42.5 Å². The highest BCUT2D eigenvalue weighted by Crippen LogP contribution is 2.39. The quantitative estimate of drug-likeness (QED) is 0.154. The zero-order valence-electron chi connectivity index (χ0n) is 28.1. The summed E-state index contributed by atoms with van der Waals surface area (Å²) in [6.45, 7) is 0.733. The molecule has 0 bridgehead atoms. The first-order valence-electron chi connectivity index (χ1n) is 16.8. The molecular formula is C39H41N3O9. The molecule has 12 nitrogen and oxygen atoms in total. The summed E-state index contributed by atoms with van der Waals surface area (Å²) in [5.41, 5.74) is 4.11. The topological polar surface area (TPSA) is 158 Å². The molecule has 51 heavy (non-hydrogen) atoms. The number of hydrogen-bond donors (Lipinski definition) is 4. The standard InChI is InChI=1S/C39H41N3O9/c1-41(22-34(45)29-8-5-9-31(44)18-29)21-32-19-35(27-12-10-25(23-43)11-13-27)51-38(50-32)28-14-16-30(17-15-28)42-36(46)20-33(37(42)47)40-39(48)49-24-26-6-3-2-4-7-26/h2-18,32-35,38,43-45H,19-24H2,1H3,(H,40,48)/t32-,33?,34+,35+,38+/m0/s1. The molecule has 12 heteroatoms. The lowest BCUT2D eigenvalue weighted by atomic mass is 9.99. The van der Waals surface area contributed by atoms with Gasteiger partial charge >= 0.3 is 6.09 Å². The zero-order valence-corrected chi connectivity index (χ0v) is 28.1. The summed E-state index contributed by atoms with van der Waals surface area (Å²) in [5, 5.41) is 32.7. The van der Waals surface area contributed by atoms with Crippen molar-refractivity contribution in [2.75, 3.05) is 25.0 Å². The summed E-state index contributed by atoms with van der Waals surface area (Å²) in [5.74, 6) is -0.925. The number of aliphatic hydroxyl groups excluding tert-OH is 2. The van der Waals surface area contributed by atoms with E-state index in [1.165, 1.54) is 6.07 Å². The van der Waals surface area contributed by atoms with Crippen molar-refractivity contribution in [2.24, 2.45) is 0 Å². The van der Waals surface area contributed by atoms with Crippen LogP contribution in [0.4, 0.5) is 10.5 Å². The van der Waals surface area contributed by atoms with Crippen molar-refractivity contribution in [2.45, 2.75) is 56.7 Å². The van der Waals surface area contributed by atoms with Crippen LogP contribution in [-0.2, 0) is 37.0 Å². The number of aliphatic hydroxyl groups is 2. The number of hydrogen-bond acceptors (Lipinski definition) is 10. The SMILES string of the molecule is CN(C[C@@H]1C[C@H](c2ccc(CO)cc2)O[C@H](c2ccc(N3C(=O)CC(NC(=O)OCc4ccccc4)C3=O)cc2)O1)C[C@@H](O)c1cccc(O)c1. The van der Waals surface area contributed by atoms with Crippen molar-refractivity contribution in [3.63, 3.8) is 0 Å². The molecule has 5 atom stereocenters. The Hall–Kier alpha value is -5.11. The van der Waals surface area contributed by atoms with E-state index in [1.807, 2.05) is 66.5 Å². The van der Waals surface area contributed by atoms with E-state index in [4.69, 9.17) is 14.2 Å². The number of imide groups is 1. The second-order valence-corrected chi connectivity index (χ2v) is 12.8. The summed E-state index contributed by atoms with van der Waals surface area (Å²) in [6, 6.07) is 28.9. The van der Waals surface area contributed by atoms with Crippen LogP contribution in [-0.4, -0.2) is 70.4 Å². The van der Waals surface area contributed by atoms with Crippen molar-refractivity contribution in [1.82, 2.24) is 10.2 Å². The fourth-order valence-corrected chi connectivity index (χ4v) is 6.29. The van der Waals surface area contributed by atoms with Gasteiger partial charge in [0, 0.05) is 25.1 Å². The number of amides is 3. The molecule has 2 aliphatic rings. The molecule has 266 valence electrons. The van der Waals surface area contributed by atoms with Crippen LogP contribution < -0.4 is 10.2 Å². The number of likely N-dealkylation sites (N-methyl/N-ethyl adjacent to an activating group) is 1. The first-order valence-corrected chi connectivity index (χ1v) is 16.8. The highest BCUT2D eigenvalue weighted by atomic mass is 16.7. The minimum absolute atomic E-state index is 0.0328. The van der Waals surface area contributed by atoms with Crippen LogP contribution in [0, 0.1) is 0 Å². The van der Waals surface area contributed by atoms with E-state index in [0.717, 1.165) is 21.6 Å². The number of benzene rings is 4. The first-order chi connectivity index (χ1) is 24.7. The lowest BCUT2D eigenvalue weighted by molar-refractivity contribution is -0.252. The number of carbonyl (C=O) groups is 3. The molecule has 2 heterocycles. The fraction of sp³-hybridized carbons (Fsp3) is 0.308. The van der Waals surface area contributed by atoms with Crippen LogP contribution in [0.5, 0.6) is 5.75 Å². The Morgan fingerprint density at radius 3 is 2.37 bits per heavy atom. The number of phenols is 1. The molecule has 4 N–H and O–H groups in total. The van der Waals surface area contributed by atoms with Gasteiger partial charge in [-0.05, 0) is 53.6 Å². The molecule has 2 saturated heterocycles. The maximum Gasteiger partial charge on any atom is 0.408 e. The number of ether oxygens (including phenoxy) is 3. The molecule has 4 aromatic carbocycles. The fourth-order valence-electron chi connectivity index (χ4n) is 6.29. The lowest BCUT2D eigenvalue weighted by Crippen LogP contribution is -2.42. The predicted octanol–water partition coefficient (Wildman–Crippen LogP) is 4.65. The van der Waals surface area contributed by atoms with Crippen molar-refractivity contribution in [1.29, 1.82) is 0 Å². The van der Waals surface area contributed by atoms with Gasteiger partial charge in [0.1, 0.15) is 18.4 Å². The third kappa shape index (κ3) is 8.98. The van der Waals surface area contributed by atoms with E-state index >= 15 is 0 Å². The summed E-state index contributed by atoms with van der Waals surface area (Å²) in [4.78, 5) is 41.6. The Bertz CT molecular complexity index is 1800. The monoisotopic (exact) mass is 695 g/mol. The number of alkyl carbamates (subject to hydrolysis) is 1. The van der Waals surface area contributed by atoms with Crippen molar-refractivity contribution in [3.05, 3.63) is 131 Å². The van der Waals surface area contributed by atoms with Crippen molar-refractivity contribution in [3.8, 4) is 5.75 Å². The normalized spacial score (nSPS) is 21.1. The molecule has 4 aromatic rings. The Morgan fingerprint density at radius 1 is 0.941 bits per heavy atom. The zero-order chi connectivity index (χ0) is 35.9. The number of nitrogens with one attached hydrogen (secondary N) is 1. The van der Waals surface area contributed by atoms with Gasteiger partial charge in [-0.2, -0.15) is 0 Å². The Kier molecular flexibility index (Phi) is 11.4. The second kappa shape index (κ2) is 16.3. The third-order valence-corrected chi connectivity index (χ3v) is 8.94. The number of carbonyl (C=O) groups excluding carboxylic acids is 3. The average molecular weight is 696 g/mol. The van der Waals surface area contributed by atoms with Gasteiger partial charge in [0.15, 0.2) is 6.29 Å². The van der Waals surface area contributed by atoms with Crippen molar-refractivity contribution < 1.29 is 43.9 Å². The summed E-state index contributed by atoms with van der Waals surface area (Å²) in [6.07, 6.45) is -2.71. The van der Waals surface area contributed by atoms with E-state index in [-0.39, 0.29) is 37.6 Å². The number of nitrogens with zero attached hydrogens (tertiary/aromatic N) is 2. The molecule has 0 radical (unpaired) electrons. The summed E-state index contributed by atoms with van der Waals surface area (Å²) < 4.78 is 18.1. The van der Waals surface area contributed by atoms with Crippen LogP contribution in [0.2, 0.25) is 0 Å². The maximum atomic E-state index is 13.2. The molecular weight excluding hydrogens is 654 g/mol. The van der Waals surface area contributed by atoms with Crippen LogP contribution in [0.15, 0.2) is 103 Å². The second-order valence-electron chi connectivity index (χ2n) is 12.8. The smallest absolute Gasteiger partial charge is 0.408 e. The molecule has 0 aliphatic carbocycles. The number of aromatic hydroxyl groups is 1. The van der Waals surface area contributed by atoms with Gasteiger partial charge in [0.25, 0.3) is 5.91 Å². The van der Waals surface area contributed by atoms with Crippen LogP contribution in [0.25, 0.3) is 0 Å². The van der Waals surface area contributed by atoms with Crippen LogP contribution in [0.1, 0.15) is 59.2 Å². The van der Waals surface area contributed by atoms with Crippen molar-refractivity contribution >= 4 is 23.6 Å². The number of rotatable bonds is 12. The van der Waals surface area contributed by atoms with E-state index < -0.39 is 36.3 Å². The van der Waals surface area contributed by atoms with Gasteiger partial charge in [0.2, 0.25) is 5.91 Å². The summed E-state index contributed by atoms with van der Waals surface area (Å²) in [7, 11) is 1.88. The van der Waals surface area contributed by atoms with Crippen LogP contribution >= 0.6 is 0 Å². The van der Waals surface area contributed by atoms with Gasteiger partial charge in [-0.15, -0.1) is 0 Å². The molecule has 3 amide bonds. The van der Waals surface area contributed by atoms with Gasteiger partial charge < -0.3 is 39.7 Å². The highest BCUT2D eigenvalue weighted by molar-refractivity contribution is 6.22. The van der Waals surface area contributed by atoms with Crippen LogP contribution in [0.3, 0.4) is 0 Å². The number of anilines is 1. The molecule has 1 unspecified atom stereocenters. The molecule has 2 aliphatic heterocycles. The Morgan fingerprint density at radius 2 is 1.67 bits per heavy atom. The van der Waals surface area contributed by atoms with Gasteiger partial charge in [-0.25, -0.2) is 9.69 Å². The molecule has 0 saturated carbocycles. The third-order valence-electron chi connectivity index (χ3n) is 8.94. The molecule has 0 aromatic heterocycles.